The molecule has 146 valence electrons. The maximum atomic E-state index is 6.23. The minimum absolute atomic E-state index is 0.00597. The quantitative estimate of drug-likeness (QED) is 0.404. The molecule has 0 aliphatic carbocycles. The summed E-state index contributed by atoms with van der Waals surface area (Å²) in [5.41, 5.74) is 1.74. The predicted molar refractivity (Wildman–Crippen MR) is 118 cm³/mol. The fourth-order valence-corrected chi connectivity index (χ4v) is 3.62. The summed E-state index contributed by atoms with van der Waals surface area (Å²) < 4.78 is 12.0. The van der Waals surface area contributed by atoms with Crippen LogP contribution in [0.5, 0.6) is 5.75 Å². The fourth-order valence-electron chi connectivity index (χ4n) is 2.89. The third-order valence-electron chi connectivity index (χ3n) is 4.29. The topological polar surface area (TPSA) is 30.8 Å². The number of ether oxygens (including phenoxy) is 2. The van der Waals surface area contributed by atoms with Gasteiger partial charge in [0.2, 0.25) is 0 Å². The second kappa shape index (κ2) is 8.62. The van der Waals surface area contributed by atoms with Crippen molar-refractivity contribution in [2.24, 2.45) is 10.9 Å². The van der Waals surface area contributed by atoms with Gasteiger partial charge in [0.25, 0.3) is 6.23 Å². The van der Waals surface area contributed by atoms with Gasteiger partial charge in [-0.15, -0.1) is 0 Å². The van der Waals surface area contributed by atoms with Crippen molar-refractivity contribution in [3.05, 3.63) is 76.0 Å². The smallest absolute Gasteiger partial charge is 0.362 e. The second-order valence-corrected chi connectivity index (χ2v) is 8.22. The molecule has 1 aliphatic rings. The van der Waals surface area contributed by atoms with Gasteiger partial charge in [-0.2, -0.15) is 0 Å². The monoisotopic (exact) mass is 435 g/mol. The summed E-state index contributed by atoms with van der Waals surface area (Å²) in [7, 11) is 1.98. The Hall–Kier alpha value is -1.92. The van der Waals surface area contributed by atoms with Crippen LogP contribution in [0.2, 0.25) is 10.0 Å². The van der Waals surface area contributed by atoms with Crippen molar-refractivity contribution in [1.29, 1.82) is 0 Å². The van der Waals surface area contributed by atoms with Gasteiger partial charge in [-0.25, -0.2) is 9.48 Å². The molecule has 0 aromatic heterocycles. The number of hydrogen-bond acceptors (Lipinski definition) is 4. The number of rotatable bonds is 5. The van der Waals surface area contributed by atoms with E-state index in [9.17, 15) is 0 Å². The van der Waals surface area contributed by atoms with Gasteiger partial charge < -0.3 is 9.47 Å². The minimum Gasteiger partial charge on any atom is -0.418 e. The summed E-state index contributed by atoms with van der Waals surface area (Å²) in [5, 5.41) is 1.04. The van der Waals surface area contributed by atoms with Crippen LogP contribution in [0.15, 0.2) is 65.4 Å². The summed E-state index contributed by atoms with van der Waals surface area (Å²) in [6, 6.07) is 14.5. The van der Waals surface area contributed by atoms with E-state index in [-0.39, 0.29) is 15.6 Å². The molecular weight excluding hydrogens is 415 g/mol. The van der Waals surface area contributed by atoms with E-state index in [4.69, 9.17) is 44.9 Å². The zero-order valence-corrected chi connectivity index (χ0v) is 18.1. The van der Waals surface area contributed by atoms with Crippen LogP contribution in [0.25, 0.3) is 0 Å². The molecule has 3 rings (SSSR count). The van der Waals surface area contributed by atoms with Crippen molar-refractivity contribution < 1.29 is 14.0 Å². The summed E-state index contributed by atoms with van der Waals surface area (Å²) in [6.07, 6.45) is 3.29. The SMILES string of the molecule is CC(C)C1=C[N+](C)(C(OC(=S)Oc2ccccc2)c2cc(Cl)cc(Cl)c2)C=N1. The van der Waals surface area contributed by atoms with Crippen LogP contribution >= 0.6 is 35.4 Å². The van der Waals surface area contributed by atoms with Gasteiger partial charge in [0, 0.05) is 28.2 Å². The molecular formula is C21H21Cl2N2O2S+. The van der Waals surface area contributed by atoms with Crippen LogP contribution < -0.4 is 4.74 Å². The molecule has 0 radical (unpaired) electrons. The number of aliphatic imine (C=N–C) groups is 1. The zero-order chi connectivity index (χ0) is 20.3. The van der Waals surface area contributed by atoms with Crippen molar-refractivity contribution >= 4 is 47.0 Å². The number of thiocarbonyl (C=S) groups is 1. The molecule has 2 atom stereocenters. The van der Waals surface area contributed by atoms with Gasteiger partial charge in [0.1, 0.15) is 17.6 Å². The number of halogens is 2. The Kier molecular flexibility index (Phi) is 6.40. The number of quaternary nitrogens is 1. The summed E-state index contributed by atoms with van der Waals surface area (Å²) in [4.78, 5) is 4.55. The summed E-state index contributed by atoms with van der Waals surface area (Å²) >= 11 is 17.8. The maximum absolute atomic E-state index is 6.23. The van der Waals surface area contributed by atoms with E-state index < -0.39 is 6.23 Å². The van der Waals surface area contributed by atoms with E-state index >= 15 is 0 Å². The average molecular weight is 436 g/mol. The number of benzene rings is 2. The third-order valence-corrected chi connectivity index (χ3v) is 4.90. The van der Waals surface area contributed by atoms with E-state index in [1.807, 2.05) is 62.1 Å². The molecule has 0 spiro atoms. The Bertz CT molecular complexity index is 911. The van der Waals surface area contributed by atoms with Gasteiger partial charge in [-0.05, 0) is 30.3 Å². The van der Waals surface area contributed by atoms with E-state index in [0.29, 0.717) is 15.8 Å². The van der Waals surface area contributed by atoms with Crippen LogP contribution in [0.4, 0.5) is 0 Å². The highest BCUT2D eigenvalue weighted by Crippen LogP contribution is 2.36. The van der Waals surface area contributed by atoms with Gasteiger partial charge in [-0.3, -0.25) is 0 Å². The fraction of sp³-hybridized carbons (Fsp3) is 0.238. The highest BCUT2D eigenvalue weighted by atomic mass is 35.5. The molecule has 28 heavy (non-hydrogen) atoms. The van der Waals surface area contributed by atoms with Crippen molar-refractivity contribution in [2.75, 3.05) is 7.05 Å². The lowest BCUT2D eigenvalue weighted by atomic mass is 10.1. The average Bonchev–Trinajstić information content (AvgIpc) is 3.03. The summed E-state index contributed by atoms with van der Waals surface area (Å²) in [5.74, 6) is 0.888. The van der Waals surface area contributed by atoms with Crippen LogP contribution in [0.3, 0.4) is 0 Å². The van der Waals surface area contributed by atoms with Crippen LogP contribution in [-0.4, -0.2) is 23.1 Å². The van der Waals surface area contributed by atoms with Gasteiger partial charge >= 0.3 is 5.24 Å². The Balaban J connectivity index is 1.93. The van der Waals surface area contributed by atoms with Crippen LogP contribution in [0, 0.1) is 5.92 Å². The maximum Gasteiger partial charge on any atom is 0.362 e. The molecule has 2 unspecified atom stereocenters. The lowest BCUT2D eigenvalue weighted by Gasteiger charge is -2.32. The van der Waals surface area contributed by atoms with Gasteiger partial charge in [0.05, 0.1) is 12.6 Å². The Morgan fingerprint density at radius 1 is 1.07 bits per heavy atom. The molecule has 0 saturated heterocycles. The number of para-hydroxylation sites is 1. The molecule has 0 saturated carbocycles. The Labute approximate surface area is 180 Å². The highest BCUT2D eigenvalue weighted by Gasteiger charge is 2.39. The first-order valence-corrected chi connectivity index (χ1v) is 9.96. The van der Waals surface area contributed by atoms with Crippen molar-refractivity contribution in [3.63, 3.8) is 0 Å². The van der Waals surface area contributed by atoms with Crippen molar-refractivity contribution in [3.8, 4) is 5.75 Å². The molecule has 0 fully saturated rings. The van der Waals surface area contributed by atoms with Gasteiger partial charge in [0.15, 0.2) is 6.34 Å². The lowest BCUT2D eigenvalue weighted by Crippen LogP contribution is -2.42. The van der Waals surface area contributed by atoms with E-state index in [1.165, 1.54) is 0 Å². The van der Waals surface area contributed by atoms with Gasteiger partial charge in [-0.1, -0.05) is 55.2 Å². The molecule has 1 heterocycles. The molecule has 0 amide bonds. The third kappa shape index (κ3) is 4.92. The predicted octanol–water partition coefficient (Wildman–Crippen LogP) is 6.36. The van der Waals surface area contributed by atoms with E-state index in [2.05, 4.69) is 18.8 Å². The normalized spacial score (nSPS) is 19.4. The molecule has 2 aromatic rings. The van der Waals surface area contributed by atoms with E-state index in [0.717, 1.165) is 11.3 Å². The molecule has 7 heteroatoms. The van der Waals surface area contributed by atoms with Crippen molar-refractivity contribution in [1.82, 2.24) is 0 Å². The second-order valence-electron chi connectivity index (χ2n) is 7.01. The minimum atomic E-state index is -0.563. The molecule has 0 N–H and O–H groups in total. The zero-order valence-electron chi connectivity index (χ0n) is 15.8. The molecule has 0 bridgehead atoms. The van der Waals surface area contributed by atoms with Crippen LogP contribution in [0.1, 0.15) is 25.6 Å². The van der Waals surface area contributed by atoms with Crippen LogP contribution in [-0.2, 0) is 4.74 Å². The number of hydrogen-bond donors (Lipinski definition) is 0. The largest absolute Gasteiger partial charge is 0.418 e. The molecule has 1 aliphatic heterocycles. The number of allylic oxidation sites excluding steroid dienone is 1. The highest BCUT2D eigenvalue weighted by molar-refractivity contribution is 7.79. The van der Waals surface area contributed by atoms with Crippen molar-refractivity contribution in [2.45, 2.75) is 20.1 Å². The first kappa shape index (κ1) is 20.8. The Morgan fingerprint density at radius 2 is 1.71 bits per heavy atom. The number of nitrogens with zero attached hydrogens (tertiary/aromatic N) is 2. The molecule has 2 aromatic carbocycles. The van der Waals surface area contributed by atoms with E-state index in [1.54, 1.807) is 6.07 Å². The first-order chi connectivity index (χ1) is 13.3. The lowest BCUT2D eigenvalue weighted by molar-refractivity contribution is -0.819. The standard InChI is InChI=1S/C21H21Cl2N2O2S/c1-14(2)19-12-25(3,13-24-19)20(15-9-16(22)11-17(23)10-15)27-21(28)26-18-7-5-4-6-8-18/h4-14,20H,1-3H3/q+1. The Morgan fingerprint density at radius 3 is 2.29 bits per heavy atom. The summed E-state index contributed by atoms with van der Waals surface area (Å²) in [6.45, 7) is 4.18. The first-order valence-electron chi connectivity index (χ1n) is 8.80. The molecule has 4 nitrogen and oxygen atoms in total.